The van der Waals surface area contributed by atoms with Crippen LogP contribution in [0.1, 0.15) is 31.2 Å². The molecule has 2 saturated heterocycles. The van der Waals surface area contributed by atoms with Crippen molar-refractivity contribution < 1.29 is 4.74 Å². The molecule has 2 N–H and O–H groups in total. The number of benzene rings is 1. The van der Waals surface area contributed by atoms with E-state index in [9.17, 15) is 0 Å². The van der Waals surface area contributed by atoms with Crippen LogP contribution in [-0.2, 0) is 11.3 Å². The zero-order chi connectivity index (χ0) is 13.8. The number of nitrogens with zero attached hydrogens (tertiary/aromatic N) is 1. The first-order chi connectivity index (χ1) is 9.81. The Kier molecular flexibility index (Phi) is 4.71. The highest BCUT2D eigenvalue weighted by Gasteiger charge is 2.31. The second-order valence-corrected chi connectivity index (χ2v) is 6.32. The zero-order valence-electron chi connectivity index (χ0n) is 12.2. The van der Waals surface area contributed by atoms with Gasteiger partial charge in [-0.1, -0.05) is 30.3 Å². The third-order valence-corrected chi connectivity index (χ3v) is 4.67. The fourth-order valence-corrected chi connectivity index (χ4v) is 3.56. The second kappa shape index (κ2) is 6.70. The Bertz CT molecular complexity index is 409. The highest BCUT2D eigenvalue weighted by molar-refractivity contribution is 5.14. The van der Waals surface area contributed by atoms with Crippen molar-refractivity contribution in [3.05, 3.63) is 35.9 Å². The van der Waals surface area contributed by atoms with Gasteiger partial charge >= 0.3 is 0 Å². The van der Waals surface area contributed by atoms with Crippen molar-refractivity contribution >= 4 is 0 Å². The molecule has 3 unspecified atom stereocenters. The lowest BCUT2D eigenvalue weighted by molar-refractivity contribution is -0.0477. The van der Waals surface area contributed by atoms with Crippen molar-refractivity contribution in [1.29, 1.82) is 0 Å². The predicted octanol–water partition coefficient (Wildman–Crippen LogP) is 2.40. The van der Waals surface area contributed by atoms with Gasteiger partial charge in [0.15, 0.2) is 0 Å². The molecule has 3 atom stereocenters. The van der Waals surface area contributed by atoms with Gasteiger partial charge in [0.05, 0.1) is 6.10 Å². The van der Waals surface area contributed by atoms with Crippen molar-refractivity contribution in [2.75, 3.05) is 19.7 Å². The fraction of sp³-hybridized carbons (Fsp3) is 0.647. The third-order valence-electron chi connectivity index (χ3n) is 4.67. The molecule has 1 aromatic rings. The molecule has 3 rings (SSSR count). The molecule has 0 spiro atoms. The van der Waals surface area contributed by atoms with Gasteiger partial charge in [-0.15, -0.1) is 0 Å². The van der Waals surface area contributed by atoms with Crippen LogP contribution < -0.4 is 5.73 Å². The maximum Gasteiger partial charge on any atom is 0.0630 e. The number of ether oxygens (including phenoxy) is 1. The van der Waals surface area contributed by atoms with Gasteiger partial charge in [0, 0.05) is 25.7 Å². The molecule has 0 aliphatic carbocycles. The van der Waals surface area contributed by atoms with Gasteiger partial charge in [-0.05, 0) is 43.7 Å². The Morgan fingerprint density at radius 3 is 2.85 bits per heavy atom. The molecule has 3 nitrogen and oxygen atoms in total. The van der Waals surface area contributed by atoms with Crippen molar-refractivity contribution in [2.24, 2.45) is 11.7 Å². The summed E-state index contributed by atoms with van der Waals surface area (Å²) in [5, 5.41) is 0. The fourth-order valence-electron chi connectivity index (χ4n) is 3.56. The van der Waals surface area contributed by atoms with Crippen LogP contribution in [0.5, 0.6) is 0 Å². The minimum Gasteiger partial charge on any atom is -0.378 e. The van der Waals surface area contributed by atoms with Gasteiger partial charge in [0.25, 0.3) is 0 Å². The van der Waals surface area contributed by atoms with Gasteiger partial charge in [-0.3, -0.25) is 4.90 Å². The predicted molar refractivity (Wildman–Crippen MR) is 81.4 cm³/mol. The summed E-state index contributed by atoms with van der Waals surface area (Å²) in [6.45, 7) is 4.29. The van der Waals surface area contributed by atoms with Crippen molar-refractivity contribution in [2.45, 2.75) is 44.4 Å². The Balaban J connectivity index is 1.56. The standard InChI is InChI=1S/C17H26N2O/c18-16-8-10-20-17(11-16)15-7-4-9-19(13-15)12-14-5-2-1-3-6-14/h1-3,5-6,15-17H,4,7-13,18H2. The third kappa shape index (κ3) is 3.60. The molecule has 3 heteroatoms. The molecule has 0 saturated carbocycles. The Labute approximate surface area is 122 Å². The number of hydrogen-bond donors (Lipinski definition) is 1. The van der Waals surface area contributed by atoms with Crippen molar-refractivity contribution in [3.63, 3.8) is 0 Å². The van der Waals surface area contributed by atoms with Crippen LogP contribution in [0.15, 0.2) is 30.3 Å². The lowest BCUT2D eigenvalue weighted by atomic mass is 9.87. The minimum atomic E-state index is 0.346. The zero-order valence-corrected chi connectivity index (χ0v) is 12.2. The largest absolute Gasteiger partial charge is 0.378 e. The molecule has 20 heavy (non-hydrogen) atoms. The SMILES string of the molecule is NC1CCOC(C2CCCN(Cc3ccccc3)C2)C1. The molecule has 110 valence electrons. The summed E-state index contributed by atoms with van der Waals surface area (Å²) < 4.78 is 5.98. The first kappa shape index (κ1) is 14.1. The van der Waals surface area contributed by atoms with E-state index in [1.807, 2.05) is 0 Å². The van der Waals surface area contributed by atoms with Crippen molar-refractivity contribution in [3.8, 4) is 0 Å². The van der Waals surface area contributed by atoms with Crippen LogP contribution in [0.25, 0.3) is 0 Å². The number of hydrogen-bond acceptors (Lipinski definition) is 3. The molecular weight excluding hydrogens is 248 g/mol. The van der Waals surface area contributed by atoms with E-state index in [-0.39, 0.29) is 0 Å². The lowest BCUT2D eigenvalue weighted by Crippen LogP contribution is -2.45. The molecule has 2 aliphatic rings. The summed E-state index contributed by atoms with van der Waals surface area (Å²) in [6.07, 6.45) is 5.04. The van der Waals surface area contributed by atoms with Gasteiger partial charge in [-0.25, -0.2) is 0 Å². The van der Waals surface area contributed by atoms with E-state index in [4.69, 9.17) is 10.5 Å². The van der Waals surface area contributed by atoms with Crippen LogP contribution in [0.2, 0.25) is 0 Å². The summed E-state index contributed by atoms with van der Waals surface area (Å²) in [7, 11) is 0. The highest BCUT2D eigenvalue weighted by Crippen LogP contribution is 2.28. The number of rotatable bonds is 3. The maximum atomic E-state index is 6.10. The molecule has 0 amide bonds. The Morgan fingerprint density at radius 2 is 2.05 bits per heavy atom. The molecule has 0 bridgehead atoms. The Morgan fingerprint density at radius 1 is 1.20 bits per heavy atom. The first-order valence-electron chi connectivity index (χ1n) is 7.95. The minimum absolute atomic E-state index is 0.346. The smallest absolute Gasteiger partial charge is 0.0630 e. The van der Waals surface area contributed by atoms with Crippen LogP contribution in [0.4, 0.5) is 0 Å². The van der Waals surface area contributed by atoms with Gasteiger partial charge in [0.1, 0.15) is 0 Å². The molecule has 2 fully saturated rings. The molecule has 1 aromatic carbocycles. The second-order valence-electron chi connectivity index (χ2n) is 6.32. The number of piperidine rings is 1. The summed E-state index contributed by atoms with van der Waals surface area (Å²) in [4.78, 5) is 2.58. The van der Waals surface area contributed by atoms with E-state index in [0.29, 0.717) is 18.1 Å². The van der Waals surface area contributed by atoms with Gasteiger partial charge < -0.3 is 10.5 Å². The van der Waals surface area contributed by atoms with Gasteiger partial charge in [0.2, 0.25) is 0 Å². The van der Waals surface area contributed by atoms with E-state index in [1.54, 1.807) is 0 Å². The highest BCUT2D eigenvalue weighted by atomic mass is 16.5. The number of likely N-dealkylation sites (tertiary alicyclic amines) is 1. The summed E-state index contributed by atoms with van der Waals surface area (Å²) in [6, 6.07) is 11.1. The first-order valence-corrected chi connectivity index (χ1v) is 7.95. The van der Waals surface area contributed by atoms with Crippen LogP contribution >= 0.6 is 0 Å². The van der Waals surface area contributed by atoms with E-state index in [0.717, 1.165) is 32.5 Å². The van der Waals surface area contributed by atoms with E-state index in [2.05, 4.69) is 35.2 Å². The van der Waals surface area contributed by atoms with Crippen LogP contribution in [0, 0.1) is 5.92 Å². The monoisotopic (exact) mass is 274 g/mol. The molecule has 0 radical (unpaired) electrons. The van der Waals surface area contributed by atoms with E-state index in [1.165, 1.54) is 24.9 Å². The number of nitrogens with two attached hydrogens (primary N) is 1. The molecule has 2 heterocycles. The average Bonchev–Trinajstić information content (AvgIpc) is 2.49. The summed E-state index contributed by atoms with van der Waals surface area (Å²) >= 11 is 0. The van der Waals surface area contributed by atoms with E-state index < -0.39 is 0 Å². The Hall–Kier alpha value is -0.900. The van der Waals surface area contributed by atoms with Crippen molar-refractivity contribution in [1.82, 2.24) is 4.90 Å². The quantitative estimate of drug-likeness (QED) is 0.920. The van der Waals surface area contributed by atoms with Crippen LogP contribution in [0.3, 0.4) is 0 Å². The van der Waals surface area contributed by atoms with E-state index >= 15 is 0 Å². The van der Waals surface area contributed by atoms with Gasteiger partial charge in [-0.2, -0.15) is 0 Å². The van der Waals surface area contributed by atoms with Crippen LogP contribution in [-0.4, -0.2) is 36.7 Å². The summed E-state index contributed by atoms with van der Waals surface area (Å²) in [5.74, 6) is 0.666. The topological polar surface area (TPSA) is 38.5 Å². The molecular formula is C17H26N2O. The lowest BCUT2D eigenvalue weighted by Gasteiger charge is -2.39. The maximum absolute atomic E-state index is 6.10. The summed E-state index contributed by atoms with van der Waals surface area (Å²) in [5.41, 5.74) is 7.51. The average molecular weight is 274 g/mol. The molecule has 2 aliphatic heterocycles. The molecule has 0 aromatic heterocycles. The normalized spacial score (nSPS) is 32.1.